The number of carbonyl (C=O) groups is 1. The van der Waals surface area contributed by atoms with Gasteiger partial charge in [0.1, 0.15) is 5.69 Å². The second-order valence-corrected chi connectivity index (χ2v) is 2.03. The molecule has 0 N–H and O–H groups in total. The molecular formula is C6H3ClKNO2. The van der Waals surface area contributed by atoms with Gasteiger partial charge in [-0.1, -0.05) is 11.6 Å². The Morgan fingerprint density at radius 3 is 2.64 bits per heavy atom. The predicted octanol–water partition coefficient (Wildman–Crippen LogP) is -2.90. The average molecular weight is 196 g/mol. The molecule has 0 atom stereocenters. The molecule has 0 aliphatic rings. The summed E-state index contributed by atoms with van der Waals surface area (Å²) in [6.45, 7) is 0. The summed E-state index contributed by atoms with van der Waals surface area (Å²) in [7, 11) is 0. The third-order valence-electron chi connectivity index (χ3n) is 0.952. The molecule has 1 heterocycles. The van der Waals surface area contributed by atoms with E-state index in [1.807, 2.05) is 0 Å². The SMILES string of the molecule is O=C([O-])c1ncccc1Cl.[K+]. The van der Waals surface area contributed by atoms with Crippen molar-refractivity contribution in [2.24, 2.45) is 0 Å². The van der Waals surface area contributed by atoms with Crippen LogP contribution in [0.25, 0.3) is 0 Å². The Labute approximate surface area is 111 Å². The fourth-order valence-electron chi connectivity index (χ4n) is 0.536. The van der Waals surface area contributed by atoms with E-state index in [1.165, 1.54) is 12.3 Å². The topological polar surface area (TPSA) is 53.0 Å². The number of nitrogens with zero attached hydrogens (tertiary/aromatic N) is 1. The van der Waals surface area contributed by atoms with Crippen LogP contribution in [-0.2, 0) is 0 Å². The van der Waals surface area contributed by atoms with E-state index in [-0.39, 0.29) is 62.1 Å². The standard InChI is InChI=1S/C6H4ClNO2.K/c7-4-2-1-3-8-5(4)6(9)10;/h1-3H,(H,9,10);/q;+1/p-1. The van der Waals surface area contributed by atoms with Gasteiger partial charge in [0.05, 0.1) is 11.0 Å². The molecule has 0 saturated carbocycles. The first-order valence-corrected chi connectivity index (χ1v) is 2.91. The van der Waals surface area contributed by atoms with Crippen LogP contribution in [0, 0.1) is 0 Å². The number of carboxylic acids is 1. The Morgan fingerprint density at radius 1 is 1.64 bits per heavy atom. The van der Waals surface area contributed by atoms with Gasteiger partial charge in [0.15, 0.2) is 0 Å². The van der Waals surface area contributed by atoms with Crippen LogP contribution in [0.1, 0.15) is 10.5 Å². The summed E-state index contributed by atoms with van der Waals surface area (Å²) in [6.07, 6.45) is 1.34. The van der Waals surface area contributed by atoms with Gasteiger partial charge < -0.3 is 9.90 Å². The first-order valence-electron chi connectivity index (χ1n) is 2.53. The van der Waals surface area contributed by atoms with Gasteiger partial charge in [0, 0.05) is 6.20 Å². The van der Waals surface area contributed by atoms with Gasteiger partial charge in [-0.2, -0.15) is 0 Å². The molecule has 0 amide bonds. The molecule has 0 saturated heterocycles. The summed E-state index contributed by atoms with van der Waals surface area (Å²) < 4.78 is 0. The van der Waals surface area contributed by atoms with Crippen molar-refractivity contribution in [2.75, 3.05) is 0 Å². The summed E-state index contributed by atoms with van der Waals surface area (Å²) in [6, 6.07) is 2.99. The maximum Gasteiger partial charge on any atom is 1.00 e. The van der Waals surface area contributed by atoms with Crippen molar-refractivity contribution in [1.29, 1.82) is 0 Å². The number of aromatic carboxylic acids is 1. The van der Waals surface area contributed by atoms with Crippen molar-refractivity contribution in [3.63, 3.8) is 0 Å². The smallest absolute Gasteiger partial charge is 0.543 e. The number of halogens is 1. The Morgan fingerprint density at radius 2 is 2.27 bits per heavy atom. The molecule has 0 aliphatic carbocycles. The van der Waals surface area contributed by atoms with E-state index in [0.29, 0.717) is 0 Å². The fourth-order valence-corrected chi connectivity index (χ4v) is 0.735. The van der Waals surface area contributed by atoms with Crippen molar-refractivity contribution in [3.05, 3.63) is 29.0 Å². The van der Waals surface area contributed by atoms with Crippen molar-refractivity contribution in [2.45, 2.75) is 0 Å². The second kappa shape index (κ2) is 5.24. The number of aromatic nitrogens is 1. The molecule has 3 nitrogen and oxygen atoms in total. The summed E-state index contributed by atoms with van der Waals surface area (Å²) in [5.74, 6) is -1.36. The minimum absolute atomic E-state index is 0. The molecule has 0 fully saturated rings. The second-order valence-electron chi connectivity index (χ2n) is 1.62. The summed E-state index contributed by atoms with van der Waals surface area (Å²) in [5.41, 5.74) is -0.218. The van der Waals surface area contributed by atoms with E-state index < -0.39 is 5.97 Å². The van der Waals surface area contributed by atoms with Crippen molar-refractivity contribution in [1.82, 2.24) is 4.98 Å². The fraction of sp³-hybridized carbons (Fsp3) is 0. The van der Waals surface area contributed by atoms with Gasteiger partial charge in [-0.15, -0.1) is 0 Å². The maximum absolute atomic E-state index is 10.2. The van der Waals surface area contributed by atoms with Crippen LogP contribution in [-0.4, -0.2) is 11.0 Å². The van der Waals surface area contributed by atoms with Gasteiger partial charge >= 0.3 is 51.4 Å². The molecule has 0 aromatic carbocycles. The van der Waals surface area contributed by atoms with Crippen molar-refractivity contribution < 1.29 is 61.3 Å². The summed E-state index contributed by atoms with van der Waals surface area (Å²) in [4.78, 5) is 13.6. The predicted molar refractivity (Wildman–Crippen MR) is 33.6 cm³/mol. The molecule has 0 aliphatic heterocycles. The van der Waals surface area contributed by atoms with Gasteiger partial charge in [0.25, 0.3) is 0 Å². The van der Waals surface area contributed by atoms with E-state index in [0.717, 1.165) is 0 Å². The number of rotatable bonds is 1. The Balaban J connectivity index is 0.000001000. The molecule has 1 aromatic rings. The van der Waals surface area contributed by atoms with Gasteiger partial charge in [0.2, 0.25) is 0 Å². The largest absolute Gasteiger partial charge is 1.00 e. The minimum atomic E-state index is -1.36. The number of hydrogen-bond acceptors (Lipinski definition) is 3. The number of pyridine rings is 1. The molecule has 52 valence electrons. The first kappa shape index (κ1) is 11.5. The number of hydrogen-bond donors (Lipinski definition) is 0. The quantitative estimate of drug-likeness (QED) is 0.452. The summed E-state index contributed by atoms with van der Waals surface area (Å²) in [5, 5.41) is 10.3. The van der Waals surface area contributed by atoms with Crippen LogP contribution in [0.15, 0.2) is 18.3 Å². The Kier molecular flexibility index (Phi) is 5.50. The van der Waals surface area contributed by atoms with Crippen molar-refractivity contribution in [3.8, 4) is 0 Å². The normalized spacial score (nSPS) is 8.45. The molecule has 1 rings (SSSR count). The molecular weight excluding hydrogens is 193 g/mol. The number of carbonyl (C=O) groups excluding carboxylic acids is 1. The molecule has 0 radical (unpaired) electrons. The van der Waals surface area contributed by atoms with Gasteiger partial charge in [-0.3, -0.25) is 4.98 Å². The molecule has 0 unspecified atom stereocenters. The third-order valence-corrected chi connectivity index (χ3v) is 1.26. The van der Waals surface area contributed by atoms with Crippen LogP contribution in [0.2, 0.25) is 5.02 Å². The van der Waals surface area contributed by atoms with E-state index in [4.69, 9.17) is 11.6 Å². The van der Waals surface area contributed by atoms with Crippen LogP contribution in [0.5, 0.6) is 0 Å². The van der Waals surface area contributed by atoms with E-state index in [1.54, 1.807) is 6.07 Å². The minimum Gasteiger partial charge on any atom is -0.543 e. The first-order chi connectivity index (χ1) is 4.72. The molecule has 11 heavy (non-hydrogen) atoms. The Bertz CT molecular complexity index is 267. The van der Waals surface area contributed by atoms with Crippen LogP contribution >= 0.6 is 11.6 Å². The molecule has 1 aromatic heterocycles. The maximum atomic E-state index is 10.2. The van der Waals surface area contributed by atoms with Crippen molar-refractivity contribution >= 4 is 17.6 Å². The van der Waals surface area contributed by atoms with Crippen LogP contribution in [0.3, 0.4) is 0 Å². The van der Waals surface area contributed by atoms with E-state index in [2.05, 4.69) is 4.98 Å². The zero-order valence-electron chi connectivity index (χ0n) is 5.87. The Hall–Kier alpha value is 0.546. The zero-order valence-corrected chi connectivity index (χ0v) is 9.75. The molecule has 0 bridgehead atoms. The van der Waals surface area contributed by atoms with E-state index >= 15 is 0 Å². The number of carboxylic acid groups (broad SMARTS) is 1. The van der Waals surface area contributed by atoms with Gasteiger partial charge in [-0.25, -0.2) is 0 Å². The molecule has 5 heteroatoms. The average Bonchev–Trinajstić information content (AvgIpc) is 1.88. The monoisotopic (exact) mass is 195 g/mol. The summed E-state index contributed by atoms with van der Waals surface area (Å²) >= 11 is 5.44. The third kappa shape index (κ3) is 3.19. The zero-order chi connectivity index (χ0) is 7.56. The van der Waals surface area contributed by atoms with E-state index in [9.17, 15) is 9.90 Å². The van der Waals surface area contributed by atoms with Gasteiger partial charge in [-0.05, 0) is 12.1 Å². The van der Waals surface area contributed by atoms with Crippen LogP contribution < -0.4 is 56.5 Å². The molecule has 0 spiro atoms. The van der Waals surface area contributed by atoms with Crippen LogP contribution in [0.4, 0.5) is 0 Å².